The number of phenolic OH excluding ortho intramolecular Hbond substituents is 1. The number of hydrazine groups is 1. The fourth-order valence-electron chi connectivity index (χ4n) is 10.7. The van der Waals surface area contributed by atoms with Gasteiger partial charge in [0.05, 0.1) is 41.0 Å². The van der Waals surface area contributed by atoms with Gasteiger partial charge in [-0.15, -0.1) is 0 Å². The van der Waals surface area contributed by atoms with Gasteiger partial charge < -0.3 is 9.84 Å². The lowest BCUT2D eigenvalue weighted by molar-refractivity contribution is -0.144. The lowest BCUT2D eigenvalue weighted by Crippen LogP contribution is -2.53. The SMILES string of the molecule is COc1ccc(C23C(=O)N(Nc4ccc(Cl)cc4Cl)C(=O)C2CC2C(=CCC4C(=O)N(C5CCN(Cc6ccccc6)CC5)C(=O)C42)C3c2cccc(C)c2O)cc1. The Balaban J connectivity index is 1.13. The molecule has 10 nitrogen and oxygen atoms in total. The highest BCUT2D eigenvalue weighted by Crippen LogP contribution is 2.65. The zero-order chi connectivity index (χ0) is 40.5. The Morgan fingerprint density at radius 2 is 1.60 bits per heavy atom. The number of ether oxygens (including phenoxy) is 1. The number of aromatic hydroxyl groups is 1. The monoisotopic (exact) mass is 818 g/mol. The number of hydrogen-bond acceptors (Lipinski definition) is 8. The first-order valence-corrected chi connectivity index (χ1v) is 20.6. The van der Waals surface area contributed by atoms with Crippen molar-refractivity contribution < 1.29 is 29.0 Å². The van der Waals surface area contributed by atoms with Crippen molar-refractivity contribution in [1.82, 2.24) is 14.8 Å². The van der Waals surface area contributed by atoms with Crippen LogP contribution in [0.15, 0.2) is 103 Å². The number of likely N-dealkylation sites (tertiary alicyclic amines) is 2. The van der Waals surface area contributed by atoms with Crippen LogP contribution >= 0.6 is 23.2 Å². The Labute approximate surface area is 347 Å². The number of carbonyl (C=O) groups is 4. The van der Waals surface area contributed by atoms with E-state index in [-0.39, 0.29) is 35.0 Å². The predicted octanol–water partition coefficient (Wildman–Crippen LogP) is 7.67. The third-order valence-electron chi connectivity index (χ3n) is 13.4. The summed E-state index contributed by atoms with van der Waals surface area (Å²) in [6, 6.07) is 27.4. The van der Waals surface area contributed by atoms with Gasteiger partial charge in [0, 0.05) is 42.2 Å². The minimum absolute atomic E-state index is 0.00734. The molecular formula is C46H44Cl2N4O6. The number of amides is 4. The van der Waals surface area contributed by atoms with E-state index in [9.17, 15) is 14.7 Å². The number of piperidine rings is 1. The predicted molar refractivity (Wildman–Crippen MR) is 220 cm³/mol. The molecule has 4 amide bonds. The van der Waals surface area contributed by atoms with Crippen LogP contribution in [0.3, 0.4) is 0 Å². The van der Waals surface area contributed by atoms with E-state index in [0.717, 1.165) is 30.2 Å². The Morgan fingerprint density at radius 3 is 2.31 bits per heavy atom. The molecule has 4 aromatic rings. The number of aryl methyl sites for hydroxylation is 1. The smallest absolute Gasteiger partial charge is 0.260 e. The second kappa shape index (κ2) is 14.9. The lowest BCUT2D eigenvalue weighted by atomic mass is 9.49. The number of anilines is 1. The van der Waals surface area contributed by atoms with E-state index in [4.69, 9.17) is 27.9 Å². The minimum Gasteiger partial charge on any atom is -0.507 e. The quantitative estimate of drug-likeness (QED) is 0.138. The van der Waals surface area contributed by atoms with Crippen molar-refractivity contribution in [3.05, 3.63) is 135 Å². The maximum atomic E-state index is 15.5. The highest BCUT2D eigenvalue weighted by atomic mass is 35.5. The van der Waals surface area contributed by atoms with Crippen LogP contribution in [0.1, 0.15) is 53.9 Å². The van der Waals surface area contributed by atoms with Gasteiger partial charge >= 0.3 is 0 Å². The number of carbonyl (C=O) groups excluding carboxylic acids is 4. The van der Waals surface area contributed by atoms with Gasteiger partial charge in [-0.1, -0.05) is 95.5 Å². The first kappa shape index (κ1) is 38.4. The molecule has 3 heterocycles. The van der Waals surface area contributed by atoms with Crippen molar-refractivity contribution in [2.24, 2.45) is 23.7 Å². The number of para-hydroxylation sites is 1. The second-order valence-electron chi connectivity index (χ2n) is 16.3. The standard InChI is InChI=1S/C46H44Cl2N4O6/c1-26-7-6-10-34(41(26)53)40-32-16-17-33-39(44(56)51(42(33)54)30-19-21-50(22-20-30)25-27-8-4-3-5-9-27)35(32)24-36-43(55)52(49-38-18-13-29(47)23-37(38)48)45(57)46(36,40)28-11-14-31(58-2)15-12-28/h3-16,18,23,30,33,35-36,39-40,49,53H,17,19-22,24-25H2,1-2H3. The van der Waals surface area contributed by atoms with Crippen molar-refractivity contribution in [2.45, 2.75) is 56.5 Å². The van der Waals surface area contributed by atoms with Gasteiger partial charge in [-0.25, -0.2) is 0 Å². The zero-order valence-corrected chi connectivity index (χ0v) is 33.7. The summed E-state index contributed by atoms with van der Waals surface area (Å²) in [5.74, 6) is -4.52. The number of phenols is 1. The first-order chi connectivity index (χ1) is 28.0. The summed E-state index contributed by atoms with van der Waals surface area (Å²) in [5, 5.41) is 13.5. The van der Waals surface area contributed by atoms with Gasteiger partial charge in [-0.2, -0.15) is 5.01 Å². The Hall–Kier alpha value is -5.16. The topological polar surface area (TPSA) is 119 Å². The number of fused-ring (bicyclic) bond motifs is 4. The van der Waals surface area contributed by atoms with Crippen LogP contribution in [0, 0.1) is 30.6 Å². The fourth-order valence-corrected chi connectivity index (χ4v) is 11.1. The van der Waals surface area contributed by atoms with E-state index in [1.165, 1.54) is 16.5 Å². The molecule has 2 N–H and O–H groups in total. The molecule has 58 heavy (non-hydrogen) atoms. The van der Waals surface area contributed by atoms with Gasteiger partial charge in [0.2, 0.25) is 11.8 Å². The second-order valence-corrected chi connectivity index (χ2v) is 17.1. The molecule has 4 aromatic carbocycles. The molecule has 3 aliphatic heterocycles. The van der Waals surface area contributed by atoms with E-state index in [2.05, 4.69) is 22.5 Å². The lowest BCUT2D eigenvalue weighted by Gasteiger charge is -2.50. The molecule has 6 unspecified atom stereocenters. The van der Waals surface area contributed by atoms with E-state index in [1.807, 2.05) is 30.3 Å². The minimum atomic E-state index is -1.56. The van der Waals surface area contributed by atoms with Crippen LogP contribution in [0.4, 0.5) is 5.69 Å². The van der Waals surface area contributed by atoms with E-state index < -0.39 is 46.8 Å². The molecule has 0 aromatic heterocycles. The van der Waals surface area contributed by atoms with Gasteiger partial charge in [0.25, 0.3) is 11.8 Å². The van der Waals surface area contributed by atoms with Crippen molar-refractivity contribution in [3.63, 3.8) is 0 Å². The fraction of sp³-hybridized carbons (Fsp3) is 0.348. The molecule has 0 bridgehead atoms. The van der Waals surface area contributed by atoms with Gasteiger partial charge in [-0.3, -0.25) is 34.4 Å². The molecule has 3 saturated heterocycles. The largest absolute Gasteiger partial charge is 0.507 e. The summed E-state index contributed by atoms with van der Waals surface area (Å²) in [7, 11) is 1.56. The number of halogens is 2. The summed E-state index contributed by atoms with van der Waals surface area (Å²) in [5.41, 5.74) is 5.42. The number of rotatable bonds is 8. The maximum Gasteiger partial charge on any atom is 0.260 e. The maximum absolute atomic E-state index is 15.5. The third kappa shape index (κ3) is 6.02. The summed E-state index contributed by atoms with van der Waals surface area (Å²) < 4.78 is 5.50. The first-order valence-electron chi connectivity index (χ1n) is 19.9. The third-order valence-corrected chi connectivity index (χ3v) is 13.9. The number of allylic oxidation sites excluding steroid dienone is 2. The Bertz CT molecular complexity index is 2350. The number of hydrogen-bond donors (Lipinski definition) is 2. The van der Waals surface area contributed by atoms with Crippen molar-refractivity contribution >= 4 is 52.5 Å². The van der Waals surface area contributed by atoms with Gasteiger partial charge in [-0.05, 0) is 85.5 Å². The summed E-state index contributed by atoms with van der Waals surface area (Å²) in [6.45, 7) is 4.12. The van der Waals surface area contributed by atoms with Crippen molar-refractivity contribution in [3.8, 4) is 11.5 Å². The number of methoxy groups -OCH3 is 1. The highest BCUT2D eigenvalue weighted by Gasteiger charge is 2.71. The molecule has 2 aliphatic carbocycles. The van der Waals surface area contributed by atoms with E-state index in [1.54, 1.807) is 62.6 Å². The molecule has 6 atom stereocenters. The van der Waals surface area contributed by atoms with E-state index >= 15 is 9.59 Å². The Morgan fingerprint density at radius 1 is 0.862 bits per heavy atom. The number of imide groups is 2. The average molecular weight is 820 g/mol. The van der Waals surface area contributed by atoms with Gasteiger partial charge in [0.15, 0.2) is 0 Å². The number of nitrogens with one attached hydrogen (secondary N) is 1. The van der Waals surface area contributed by atoms with Crippen LogP contribution < -0.4 is 10.2 Å². The molecule has 5 aliphatic rings. The van der Waals surface area contributed by atoms with Crippen LogP contribution in [0.25, 0.3) is 0 Å². The molecule has 298 valence electrons. The molecule has 0 spiro atoms. The van der Waals surface area contributed by atoms with Crippen LogP contribution in [0.2, 0.25) is 10.0 Å². The van der Waals surface area contributed by atoms with Gasteiger partial charge in [0.1, 0.15) is 11.5 Å². The molecule has 9 rings (SSSR count). The highest BCUT2D eigenvalue weighted by molar-refractivity contribution is 6.36. The zero-order valence-electron chi connectivity index (χ0n) is 32.2. The molecule has 1 saturated carbocycles. The summed E-state index contributed by atoms with van der Waals surface area (Å²) >= 11 is 12.8. The van der Waals surface area contributed by atoms with Crippen LogP contribution in [-0.4, -0.2) is 69.8 Å². The van der Waals surface area contributed by atoms with Crippen molar-refractivity contribution in [1.29, 1.82) is 0 Å². The van der Waals surface area contributed by atoms with Crippen molar-refractivity contribution in [2.75, 3.05) is 25.6 Å². The molecular weight excluding hydrogens is 775 g/mol. The molecule has 12 heteroatoms. The van der Waals surface area contributed by atoms with Crippen LogP contribution in [-0.2, 0) is 31.1 Å². The normalized spacial score (nSPS) is 27.3. The van der Waals surface area contributed by atoms with Crippen LogP contribution in [0.5, 0.6) is 11.5 Å². The molecule has 4 fully saturated rings. The average Bonchev–Trinajstić information content (AvgIpc) is 3.61. The number of benzene rings is 4. The Kier molecular flexibility index (Phi) is 9.85. The molecule has 0 radical (unpaired) electrons. The summed E-state index contributed by atoms with van der Waals surface area (Å²) in [4.78, 5) is 63.7. The number of nitrogens with zero attached hydrogens (tertiary/aromatic N) is 3. The summed E-state index contributed by atoms with van der Waals surface area (Å²) in [6.07, 6.45) is 3.82. The van der Waals surface area contributed by atoms with E-state index in [0.29, 0.717) is 52.4 Å².